The third-order valence-electron chi connectivity index (χ3n) is 5.98. The number of piperidine rings is 1. The smallest absolute Gasteiger partial charge is 0.250 e. The molecule has 0 aliphatic carbocycles. The maximum atomic E-state index is 12.3. The lowest BCUT2D eigenvalue weighted by Gasteiger charge is -2.35. The topological polar surface area (TPSA) is 37.4 Å². The molecule has 3 aromatic carbocycles. The Hall–Kier alpha value is -2.68. The van der Waals surface area contributed by atoms with E-state index < -0.39 is 0 Å². The first-order chi connectivity index (χ1) is 13.0. The fraction of sp³-hybridized carbons (Fsp3) is 0.333. The average molecular weight is 359 g/mol. The summed E-state index contributed by atoms with van der Waals surface area (Å²) in [6.45, 7) is 5.79. The van der Waals surface area contributed by atoms with Gasteiger partial charge in [-0.2, -0.15) is 0 Å². The van der Waals surface area contributed by atoms with Crippen LogP contribution < -0.4 is 15.8 Å². The highest BCUT2D eigenvalue weighted by molar-refractivity contribution is 5.83. The van der Waals surface area contributed by atoms with Crippen LogP contribution in [-0.4, -0.2) is 13.1 Å². The first-order valence-corrected chi connectivity index (χ1v) is 9.74. The van der Waals surface area contributed by atoms with Crippen LogP contribution in [-0.2, 0) is 6.42 Å². The molecule has 0 amide bonds. The quantitative estimate of drug-likeness (QED) is 0.660. The second-order valence-corrected chi connectivity index (χ2v) is 7.80. The van der Waals surface area contributed by atoms with Gasteiger partial charge in [-0.3, -0.25) is 9.59 Å². The van der Waals surface area contributed by atoms with Gasteiger partial charge in [0.25, 0.3) is 0 Å². The van der Waals surface area contributed by atoms with Gasteiger partial charge in [0.1, 0.15) is 5.69 Å². The van der Waals surface area contributed by atoms with Gasteiger partial charge in [0.2, 0.25) is 10.9 Å². The van der Waals surface area contributed by atoms with E-state index in [0.717, 1.165) is 43.5 Å². The summed E-state index contributed by atoms with van der Waals surface area (Å²) in [5, 5.41) is 0. The van der Waals surface area contributed by atoms with E-state index >= 15 is 0 Å². The molecular formula is C24H25NO2. The SMILES string of the molecule is Cc1ccc(-c2c(N3CCC(Cc4ccccc4)CC3)c(=O)c2=O)cc1C. The molecule has 0 radical (unpaired) electrons. The van der Waals surface area contributed by atoms with Crippen LogP contribution in [0.15, 0.2) is 58.1 Å². The van der Waals surface area contributed by atoms with Gasteiger partial charge in [-0.15, -0.1) is 0 Å². The second kappa shape index (κ2) is 7.15. The van der Waals surface area contributed by atoms with Crippen molar-refractivity contribution in [2.45, 2.75) is 33.1 Å². The van der Waals surface area contributed by atoms with E-state index in [2.05, 4.69) is 36.1 Å². The molecule has 4 rings (SSSR count). The van der Waals surface area contributed by atoms with Crippen LogP contribution in [0.4, 0.5) is 5.69 Å². The van der Waals surface area contributed by atoms with Gasteiger partial charge in [-0.1, -0.05) is 48.5 Å². The highest BCUT2D eigenvalue weighted by atomic mass is 16.2. The van der Waals surface area contributed by atoms with Crippen molar-refractivity contribution in [2.75, 3.05) is 18.0 Å². The molecule has 0 aromatic heterocycles. The highest BCUT2D eigenvalue weighted by Gasteiger charge is 2.29. The lowest BCUT2D eigenvalue weighted by atomic mass is 9.88. The number of rotatable bonds is 4. The van der Waals surface area contributed by atoms with E-state index in [9.17, 15) is 9.59 Å². The van der Waals surface area contributed by atoms with Crippen molar-refractivity contribution in [3.8, 4) is 11.1 Å². The summed E-state index contributed by atoms with van der Waals surface area (Å²) in [6, 6.07) is 16.6. The van der Waals surface area contributed by atoms with Crippen molar-refractivity contribution in [1.82, 2.24) is 0 Å². The monoisotopic (exact) mass is 359 g/mol. The van der Waals surface area contributed by atoms with E-state index in [1.54, 1.807) is 0 Å². The van der Waals surface area contributed by atoms with Gasteiger partial charge in [0, 0.05) is 13.1 Å². The molecule has 138 valence electrons. The Morgan fingerprint density at radius 2 is 1.59 bits per heavy atom. The zero-order valence-electron chi connectivity index (χ0n) is 16.0. The van der Waals surface area contributed by atoms with Crippen molar-refractivity contribution in [1.29, 1.82) is 0 Å². The number of hydrogen-bond donors (Lipinski definition) is 0. The minimum absolute atomic E-state index is 0.315. The highest BCUT2D eigenvalue weighted by Crippen LogP contribution is 2.31. The standard InChI is InChI=1S/C24H25NO2/c1-16-8-9-20(14-17(16)2)21-22(24(27)23(21)26)25-12-10-19(11-13-25)15-18-6-4-3-5-7-18/h3-9,14,19H,10-13,15H2,1-2H3. The van der Waals surface area contributed by atoms with E-state index in [4.69, 9.17) is 0 Å². The minimum atomic E-state index is -0.334. The largest absolute Gasteiger partial charge is 0.368 e. The number of benzene rings is 2. The number of nitrogens with zero attached hydrogens (tertiary/aromatic N) is 1. The minimum Gasteiger partial charge on any atom is -0.368 e. The fourth-order valence-corrected chi connectivity index (χ4v) is 4.15. The van der Waals surface area contributed by atoms with Crippen molar-refractivity contribution >= 4 is 5.69 Å². The Kier molecular flexibility index (Phi) is 4.69. The van der Waals surface area contributed by atoms with Gasteiger partial charge in [0.05, 0.1) is 5.56 Å². The Morgan fingerprint density at radius 1 is 0.889 bits per heavy atom. The first kappa shape index (κ1) is 17.7. The number of aryl methyl sites for hydroxylation is 2. The summed E-state index contributed by atoms with van der Waals surface area (Å²) in [4.78, 5) is 26.7. The van der Waals surface area contributed by atoms with Crippen molar-refractivity contribution in [2.24, 2.45) is 5.92 Å². The van der Waals surface area contributed by atoms with Crippen LogP contribution in [0.3, 0.4) is 0 Å². The molecule has 1 saturated heterocycles. The molecule has 1 aliphatic heterocycles. The molecule has 3 aromatic rings. The van der Waals surface area contributed by atoms with E-state index in [-0.39, 0.29) is 10.9 Å². The normalized spacial score (nSPS) is 15.4. The van der Waals surface area contributed by atoms with Crippen molar-refractivity contribution < 1.29 is 0 Å². The fourth-order valence-electron chi connectivity index (χ4n) is 4.15. The zero-order chi connectivity index (χ0) is 19.0. The molecule has 0 spiro atoms. The van der Waals surface area contributed by atoms with Crippen molar-refractivity contribution in [3.05, 3.63) is 85.7 Å². The summed E-state index contributed by atoms with van der Waals surface area (Å²) in [6.07, 6.45) is 3.20. The molecule has 3 heteroatoms. The van der Waals surface area contributed by atoms with E-state index in [1.165, 1.54) is 11.1 Å². The van der Waals surface area contributed by atoms with Gasteiger partial charge in [-0.25, -0.2) is 0 Å². The lowest BCUT2D eigenvalue weighted by molar-refractivity contribution is 0.403. The predicted octanol–water partition coefficient (Wildman–Crippen LogP) is 4.03. The lowest BCUT2D eigenvalue weighted by Crippen LogP contribution is -2.45. The summed E-state index contributed by atoms with van der Waals surface area (Å²) in [5.74, 6) is 0.639. The molecule has 27 heavy (non-hydrogen) atoms. The van der Waals surface area contributed by atoms with Crippen molar-refractivity contribution in [3.63, 3.8) is 0 Å². The molecule has 0 N–H and O–H groups in total. The molecule has 1 aliphatic rings. The van der Waals surface area contributed by atoms with Gasteiger partial charge in [0.15, 0.2) is 0 Å². The van der Waals surface area contributed by atoms with Gasteiger partial charge >= 0.3 is 0 Å². The third kappa shape index (κ3) is 3.34. The Labute approximate surface area is 160 Å². The molecule has 0 bridgehead atoms. The summed E-state index contributed by atoms with van der Waals surface area (Å²) >= 11 is 0. The van der Waals surface area contributed by atoms with Crippen LogP contribution in [0.1, 0.15) is 29.5 Å². The van der Waals surface area contributed by atoms with Crippen LogP contribution in [0, 0.1) is 19.8 Å². The molecule has 0 atom stereocenters. The summed E-state index contributed by atoms with van der Waals surface area (Å²) in [7, 11) is 0. The van der Waals surface area contributed by atoms with Gasteiger partial charge < -0.3 is 4.90 Å². The van der Waals surface area contributed by atoms with Crippen LogP contribution in [0.5, 0.6) is 0 Å². The maximum Gasteiger partial charge on any atom is 0.250 e. The summed E-state index contributed by atoms with van der Waals surface area (Å²) < 4.78 is 0. The Balaban J connectivity index is 1.51. The third-order valence-corrected chi connectivity index (χ3v) is 5.98. The van der Waals surface area contributed by atoms with E-state index in [1.807, 2.05) is 31.2 Å². The average Bonchev–Trinajstić information content (AvgIpc) is 2.69. The predicted molar refractivity (Wildman–Crippen MR) is 111 cm³/mol. The summed E-state index contributed by atoms with van der Waals surface area (Å²) in [5.41, 5.74) is 5.20. The number of anilines is 1. The number of hydrogen-bond acceptors (Lipinski definition) is 3. The Bertz CT molecular complexity index is 1020. The van der Waals surface area contributed by atoms with Gasteiger partial charge in [-0.05, 0) is 61.3 Å². The van der Waals surface area contributed by atoms with Crippen LogP contribution in [0.2, 0.25) is 0 Å². The zero-order valence-corrected chi connectivity index (χ0v) is 16.0. The Morgan fingerprint density at radius 3 is 2.26 bits per heavy atom. The first-order valence-electron chi connectivity index (χ1n) is 9.74. The maximum absolute atomic E-state index is 12.3. The van der Waals surface area contributed by atoms with Crippen LogP contribution >= 0.6 is 0 Å². The molecule has 1 heterocycles. The molecule has 0 saturated carbocycles. The van der Waals surface area contributed by atoms with E-state index in [0.29, 0.717) is 17.2 Å². The molecular weight excluding hydrogens is 334 g/mol. The molecule has 1 fully saturated rings. The molecule has 0 unspecified atom stereocenters. The molecule has 3 nitrogen and oxygen atoms in total. The second-order valence-electron chi connectivity index (χ2n) is 7.80. The van der Waals surface area contributed by atoms with Crippen LogP contribution in [0.25, 0.3) is 11.1 Å².